The molecule has 0 aromatic carbocycles. The van der Waals surface area contributed by atoms with Gasteiger partial charge in [-0.05, 0) is 5.92 Å². The van der Waals surface area contributed by atoms with Crippen LogP contribution in [0.2, 0.25) is 0 Å². The van der Waals surface area contributed by atoms with E-state index in [4.69, 9.17) is 5.84 Å². The fourth-order valence-electron chi connectivity index (χ4n) is 2.16. The van der Waals surface area contributed by atoms with Crippen molar-refractivity contribution >= 4 is 11.6 Å². The quantitative estimate of drug-likeness (QED) is 0.455. The number of nitrogens with two attached hydrogens (primary N) is 1. The van der Waals surface area contributed by atoms with Crippen molar-refractivity contribution in [2.24, 2.45) is 11.8 Å². The van der Waals surface area contributed by atoms with Gasteiger partial charge in [-0.25, -0.2) is 15.8 Å². The van der Waals surface area contributed by atoms with E-state index in [2.05, 4.69) is 34.6 Å². The highest BCUT2D eigenvalue weighted by molar-refractivity contribution is 5.47. The number of rotatable bonds is 7. The average molecular weight is 295 g/mol. The molecule has 0 bridgehead atoms. The minimum Gasteiger partial charge on any atom is -0.391 e. The van der Waals surface area contributed by atoms with E-state index in [-0.39, 0.29) is 11.5 Å². The number of nitrogens with zero attached hydrogens (tertiary/aromatic N) is 2. The molecular weight excluding hydrogens is 266 g/mol. The van der Waals surface area contributed by atoms with Crippen molar-refractivity contribution in [1.29, 1.82) is 0 Å². The summed E-state index contributed by atoms with van der Waals surface area (Å²) in [4.78, 5) is 8.87. The maximum absolute atomic E-state index is 10.2. The number of hydrogen-bond donors (Lipinski definition) is 4. The Kier molecular flexibility index (Phi) is 6.36. The number of nitrogens with one attached hydrogen (secondary N) is 2. The van der Waals surface area contributed by atoms with E-state index in [9.17, 15) is 5.11 Å². The summed E-state index contributed by atoms with van der Waals surface area (Å²) in [5.74, 6) is 7.70. The zero-order valence-corrected chi connectivity index (χ0v) is 13.8. The first-order valence-electron chi connectivity index (χ1n) is 7.59. The van der Waals surface area contributed by atoms with Crippen LogP contribution in [0.1, 0.15) is 53.3 Å². The third-order valence-corrected chi connectivity index (χ3v) is 3.63. The summed E-state index contributed by atoms with van der Waals surface area (Å²) in [6.07, 6.45) is 1.54. The van der Waals surface area contributed by atoms with Crippen LogP contribution in [0.3, 0.4) is 0 Å². The van der Waals surface area contributed by atoms with Gasteiger partial charge in [0.15, 0.2) is 0 Å². The lowest BCUT2D eigenvalue weighted by molar-refractivity contribution is 0.114. The molecule has 0 saturated heterocycles. The molecular formula is C15H29N5O. The lowest BCUT2D eigenvalue weighted by Gasteiger charge is -2.22. The van der Waals surface area contributed by atoms with Gasteiger partial charge in [0.05, 0.1) is 6.10 Å². The number of nitrogen functional groups attached to an aromatic ring is 1. The van der Waals surface area contributed by atoms with Crippen LogP contribution in [-0.4, -0.2) is 27.7 Å². The average Bonchev–Trinajstić information content (AvgIpc) is 2.45. The Balaban J connectivity index is 2.83. The van der Waals surface area contributed by atoms with E-state index in [1.807, 2.05) is 20.8 Å². The van der Waals surface area contributed by atoms with Crippen LogP contribution in [0.5, 0.6) is 0 Å². The molecule has 1 atom stereocenters. The van der Waals surface area contributed by atoms with E-state index in [1.54, 1.807) is 6.07 Å². The molecule has 1 aromatic heterocycles. The highest BCUT2D eigenvalue weighted by Crippen LogP contribution is 2.22. The zero-order chi connectivity index (χ0) is 16.0. The van der Waals surface area contributed by atoms with Crippen LogP contribution in [0.25, 0.3) is 0 Å². The minimum absolute atomic E-state index is 0.169. The Bertz CT molecular complexity index is 440. The molecule has 0 aliphatic heterocycles. The van der Waals surface area contributed by atoms with E-state index in [1.165, 1.54) is 0 Å². The van der Waals surface area contributed by atoms with Crippen molar-refractivity contribution in [3.8, 4) is 0 Å². The normalized spacial score (nSPS) is 13.3. The molecule has 120 valence electrons. The highest BCUT2D eigenvalue weighted by atomic mass is 16.3. The number of aliphatic hydroxyl groups is 1. The van der Waals surface area contributed by atoms with Crippen LogP contribution >= 0.6 is 0 Å². The molecule has 21 heavy (non-hydrogen) atoms. The molecule has 5 N–H and O–H groups in total. The summed E-state index contributed by atoms with van der Waals surface area (Å²) >= 11 is 0. The van der Waals surface area contributed by atoms with Crippen molar-refractivity contribution in [2.75, 3.05) is 17.3 Å². The third kappa shape index (κ3) is 5.13. The monoisotopic (exact) mass is 295 g/mol. The first-order valence-corrected chi connectivity index (χ1v) is 7.59. The molecule has 1 heterocycles. The van der Waals surface area contributed by atoms with E-state index in [0.29, 0.717) is 29.9 Å². The van der Waals surface area contributed by atoms with Gasteiger partial charge in [0, 0.05) is 18.0 Å². The van der Waals surface area contributed by atoms with Crippen LogP contribution in [0.4, 0.5) is 11.6 Å². The summed E-state index contributed by atoms with van der Waals surface area (Å²) in [5, 5.41) is 13.4. The number of anilines is 2. The van der Waals surface area contributed by atoms with Gasteiger partial charge in [-0.3, -0.25) is 0 Å². The Hall–Kier alpha value is -1.40. The molecule has 0 fully saturated rings. The summed E-state index contributed by atoms with van der Waals surface area (Å²) < 4.78 is 0. The van der Waals surface area contributed by atoms with Gasteiger partial charge in [0.1, 0.15) is 17.5 Å². The van der Waals surface area contributed by atoms with Crippen LogP contribution < -0.4 is 16.6 Å². The van der Waals surface area contributed by atoms with Crippen molar-refractivity contribution in [3.05, 3.63) is 11.9 Å². The molecule has 6 nitrogen and oxygen atoms in total. The summed E-state index contributed by atoms with van der Waals surface area (Å²) in [7, 11) is 0. The largest absolute Gasteiger partial charge is 0.391 e. The van der Waals surface area contributed by atoms with Gasteiger partial charge in [-0.2, -0.15) is 0 Å². The molecule has 0 radical (unpaired) electrons. The minimum atomic E-state index is -0.387. The number of hydrazine groups is 1. The highest BCUT2D eigenvalue weighted by Gasteiger charge is 2.20. The van der Waals surface area contributed by atoms with Gasteiger partial charge < -0.3 is 15.8 Å². The first-order chi connectivity index (χ1) is 9.81. The molecule has 0 spiro atoms. The van der Waals surface area contributed by atoms with Crippen LogP contribution in [0.15, 0.2) is 6.07 Å². The molecule has 0 aliphatic rings. The van der Waals surface area contributed by atoms with Crippen molar-refractivity contribution in [1.82, 2.24) is 9.97 Å². The molecule has 0 aliphatic carbocycles. The van der Waals surface area contributed by atoms with Gasteiger partial charge in [-0.1, -0.05) is 47.5 Å². The first kappa shape index (κ1) is 17.7. The second-order valence-electron chi connectivity index (χ2n) is 6.38. The van der Waals surface area contributed by atoms with Gasteiger partial charge in [0.25, 0.3) is 0 Å². The standard InChI is InChI=1S/C15H29N5O/c1-6-10(7-2)11(21)9-17-12-8-13(20-16)19-14(18-12)15(3,4)5/h8,10-11,21H,6-7,9,16H2,1-5H3,(H2,17,18,19,20). The Morgan fingerprint density at radius 1 is 1.19 bits per heavy atom. The lowest BCUT2D eigenvalue weighted by Crippen LogP contribution is -2.28. The number of aliphatic hydroxyl groups excluding tert-OH is 1. The SMILES string of the molecule is CCC(CC)C(O)CNc1cc(NN)nc(C(C)(C)C)n1. The number of aromatic nitrogens is 2. The lowest BCUT2D eigenvalue weighted by atomic mass is 9.95. The number of hydrogen-bond acceptors (Lipinski definition) is 6. The van der Waals surface area contributed by atoms with Gasteiger partial charge >= 0.3 is 0 Å². The van der Waals surface area contributed by atoms with E-state index in [0.717, 1.165) is 12.8 Å². The molecule has 6 heteroatoms. The molecule has 1 unspecified atom stereocenters. The summed E-state index contributed by atoms with van der Waals surface area (Å²) in [6, 6.07) is 1.74. The van der Waals surface area contributed by atoms with Crippen molar-refractivity contribution < 1.29 is 5.11 Å². The predicted molar refractivity (Wildman–Crippen MR) is 87.1 cm³/mol. The van der Waals surface area contributed by atoms with Gasteiger partial charge in [0.2, 0.25) is 0 Å². The van der Waals surface area contributed by atoms with E-state index >= 15 is 0 Å². The molecule has 0 saturated carbocycles. The fourth-order valence-corrected chi connectivity index (χ4v) is 2.16. The van der Waals surface area contributed by atoms with Crippen LogP contribution in [0, 0.1) is 5.92 Å². The fraction of sp³-hybridized carbons (Fsp3) is 0.733. The van der Waals surface area contributed by atoms with Crippen molar-refractivity contribution in [2.45, 2.75) is 59.0 Å². The summed E-state index contributed by atoms with van der Waals surface area (Å²) in [5.41, 5.74) is 2.39. The smallest absolute Gasteiger partial charge is 0.145 e. The maximum atomic E-state index is 10.2. The molecule has 1 aromatic rings. The van der Waals surface area contributed by atoms with Crippen molar-refractivity contribution in [3.63, 3.8) is 0 Å². The topological polar surface area (TPSA) is 96.1 Å². The third-order valence-electron chi connectivity index (χ3n) is 3.63. The Morgan fingerprint density at radius 3 is 2.24 bits per heavy atom. The Labute approximate surface area is 127 Å². The molecule has 1 rings (SSSR count). The Morgan fingerprint density at radius 2 is 1.76 bits per heavy atom. The zero-order valence-electron chi connectivity index (χ0n) is 13.8. The van der Waals surface area contributed by atoms with E-state index < -0.39 is 0 Å². The summed E-state index contributed by atoms with van der Waals surface area (Å²) in [6.45, 7) is 10.8. The molecule has 0 amide bonds. The van der Waals surface area contributed by atoms with Crippen LogP contribution in [-0.2, 0) is 5.41 Å². The van der Waals surface area contributed by atoms with Gasteiger partial charge in [-0.15, -0.1) is 0 Å². The maximum Gasteiger partial charge on any atom is 0.145 e. The second kappa shape index (κ2) is 7.56. The second-order valence-corrected chi connectivity index (χ2v) is 6.38. The predicted octanol–water partition coefficient (Wildman–Crippen LogP) is 2.27.